The molecule has 0 heterocycles. The summed E-state index contributed by atoms with van der Waals surface area (Å²) in [4.78, 5) is 18.3. The minimum atomic E-state index is -0.823. The number of halogens is 1. The molecular formula is C5H5ClO3. The highest BCUT2D eigenvalue weighted by molar-refractivity contribution is 6.40. The highest BCUT2D eigenvalue weighted by Gasteiger charge is 2.04. The van der Waals surface area contributed by atoms with Gasteiger partial charge in [-0.05, 0) is 0 Å². The first-order valence-corrected chi connectivity index (χ1v) is 2.39. The zero-order chi connectivity index (χ0) is 7.28. The zero-order valence-electron chi connectivity index (χ0n) is 4.59. The van der Waals surface area contributed by atoms with Crippen LogP contribution in [0.15, 0.2) is 24.5 Å². The van der Waals surface area contributed by atoms with E-state index >= 15 is 0 Å². The molecule has 0 atom stereocenters. The lowest BCUT2D eigenvalue weighted by atomic mass is 10.7. The van der Waals surface area contributed by atoms with E-state index in [-0.39, 0.29) is 5.03 Å². The molecule has 0 fully saturated rings. The molecular weight excluding hydrogens is 144 g/mol. The van der Waals surface area contributed by atoms with Crippen LogP contribution in [0.25, 0.3) is 0 Å². The maximum atomic E-state index is 10.3. The summed E-state index contributed by atoms with van der Waals surface area (Å²) in [6, 6.07) is 0. The van der Waals surface area contributed by atoms with Crippen molar-refractivity contribution in [2.45, 2.75) is 0 Å². The molecule has 0 aromatic heterocycles. The quantitative estimate of drug-likeness (QED) is 0.262. The van der Waals surface area contributed by atoms with Gasteiger partial charge in [-0.2, -0.15) is 0 Å². The van der Waals surface area contributed by atoms with Crippen molar-refractivity contribution in [1.82, 2.24) is 0 Å². The molecule has 3 nitrogen and oxygen atoms in total. The molecule has 0 unspecified atom stereocenters. The van der Waals surface area contributed by atoms with Crippen LogP contribution in [0.2, 0.25) is 0 Å². The summed E-state index contributed by atoms with van der Waals surface area (Å²) < 4.78 is 0. The van der Waals surface area contributed by atoms with E-state index in [9.17, 15) is 4.79 Å². The smallest absolute Gasteiger partial charge is 0.295 e. The summed E-state index contributed by atoms with van der Waals surface area (Å²) in [6.07, 6.45) is 0.956. The van der Waals surface area contributed by atoms with Crippen LogP contribution in [0.3, 0.4) is 0 Å². The molecule has 0 bridgehead atoms. The normalized spacial score (nSPS) is 7.67. The fraction of sp³-hybridized carbons (Fsp3) is 0. The van der Waals surface area contributed by atoms with E-state index in [4.69, 9.17) is 11.6 Å². The lowest BCUT2D eigenvalue weighted by Gasteiger charge is -1.95. The van der Waals surface area contributed by atoms with Gasteiger partial charge in [0.2, 0.25) is 0 Å². The van der Waals surface area contributed by atoms with Crippen molar-refractivity contribution in [2.75, 3.05) is 0 Å². The summed E-state index contributed by atoms with van der Waals surface area (Å²) in [7, 11) is 0. The van der Waals surface area contributed by atoms with Crippen molar-refractivity contribution in [3.8, 4) is 0 Å². The molecule has 0 aromatic rings. The van der Waals surface area contributed by atoms with E-state index in [2.05, 4.69) is 22.9 Å². The molecule has 0 aromatic carbocycles. The van der Waals surface area contributed by atoms with Gasteiger partial charge in [0, 0.05) is 0 Å². The predicted molar refractivity (Wildman–Crippen MR) is 32.4 cm³/mol. The van der Waals surface area contributed by atoms with Gasteiger partial charge in [0.05, 0.1) is 0 Å². The lowest BCUT2D eigenvalue weighted by Crippen LogP contribution is -2.00. The van der Waals surface area contributed by atoms with Gasteiger partial charge in [0.25, 0.3) is 0 Å². The maximum Gasteiger partial charge on any atom is 0.396 e. The fourth-order valence-electron chi connectivity index (χ4n) is 0.123. The van der Waals surface area contributed by atoms with Crippen molar-refractivity contribution in [2.24, 2.45) is 0 Å². The van der Waals surface area contributed by atoms with E-state index in [1.54, 1.807) is 0 Å². The van der Waals surface area contributed by atoms with Crippen LogP contribution in [0.1, 0.15) is 0 Å². The number of carbonyl (C=O) groups is 1. The van der Waals surface area contributed by atoms with Gasteiger partial charge < -0.3 is 0 Å². The molecule has 0 spiro atoms. The molecule has 0 amide bonds. The van der Waals surface area contributed by atoms with Crippen molar-refractivity contribution >= 4 is 17.6 Å². The Kier molecular flexibility index (Phi) is 3.55. The summed E-state index contributed by atoms with van der Waals surface area (Å²) in [6.45, 7) is 6.20. The minimum absolute atomic E-state index is 0.239. The molecule has 0 N–H and O–H groups in total. The Hall–Kier alpha value is -0.960. The number of hydrogen-bond donors (Lipinski definition) is 0. The second kappa shape index (κ2) is 3.97. The topological polar surface area (TPSA) is 35.5 Å². The Bertz CT molecular complexity index is 141. The largest absolute Gasteiger partial charge is 0.396 e. The molecule has 0 aliphatic carbocycles. The predicted octanol–water partition coefficient (Wildman–Crippen LogP) is 1.36. The third kappa shape index (κ3) is 3.61. The summed E-state index contributed by atoms with van der Waals surface area (Å²) >= 11 is 5.08. The van der Waals surface area contributed by atoms with Gasteiger partial charge >= 0.3 is 5.97 Å². The SMILES string of the molecule is C=COOC(=O)C(=C)Cl. The van der Waals surface area contributed by atoms with Gasteiger partial charge in [-0.3, -0.25) is 4.89 Å². The van der Waals surface area contributed by atoms with E-state index in [1.807, 2.05) is 0 Å². The van der Waals surface area contributed by atoms with E-state index in [0.29, 0.717) is 0 Å². The Morgan fingerprint density at radius 1 is 1.67 bits per heavy atom. The van der Waals surface area contributed by atoms with Gasteiger partial charge in [0.15, 0.2) is 0 Å². The molecule has 9 heavy (non-hydrogen) atoms. The summed E-state index contributed by atoms with van der Waals surface area (Å²) in [5, 5.41) is -0.239. The van der Waals surface area contributed by atoms with Crippen LogP contribution in [-0.2, 0) is 14.6 Å². The Morgan fingerprint density at radius 2 is 2.22 bits per heavy atom. The lowest BCUT2D eigenvalue weighted by molar-refractivity contribution is -0.232. The minimum Gasteiger partial charge on any atom is -0.295 e. The van der Waals surface area contributed by atoms with Gasteiger partial charge in [-0.25, -0.2) is 9.68 Å². The summed E-state index contributed by atoms with van der Waals surface area (Å²) in [5.74, 6) is -0.823. The average molecular weight is 149 g/mol. The fourth-order valence-corrected chi connectivity index (χ4v) is 0.154. The molecule has 0 saturated carbocycles. The van der Waals surface area contributed by atoms with Crippen molar-refractivity contribution in [1.29, 1.82) is 0 Å². The first-order valence-electron chi connectivity index (χ1n) is 2.01. The Balaban J connectivity index is 3.51. The van der Waals surface area contributed by atoms with E-state index < -0.39 is 5.97 Å². The van der Waals surface area contributed by atoms with Crippen LogP contribution >= 0.6 is 11.6 Å². The van der Waals surface area contributed by atoms with Crippen molar-refractivity contribution in [3.63, 3.8) is 0 Å². The Morgan fingerprint density at radius 3 is 2.56 bits per heavy atom. The monoisotopic (exact) mass is 148 g/mol. The zero-order valence-corrected chi connectivity index (χ0v) is 5.35. The van der Waals surface area contributed by atoms with E-state index in [0.717, 1.165) is 6.26 Å². The van der Waals surface area contributed by atoms with Gasteiger partial charge in [-0.15, -0.1) is 0 Å². The van der Waals surface area contributed by atoms with E-state index in [1.165, 1.54) is 0 Å². The molecule has 0 aliphatic rings. The van der Waals surface area contributed by atoms with Crippen LogP contribution < -0.4 is 0 Å². The summed E-state index contributed by atoms with van der Waals surface area (Å²) in [5.41, 5.74) is 0. The third-order valence-electron chi connectivity index (χ3n) is 0.413. The number of rotatable bonds is 3. The standard InChI is InChI=1S/C5H5ClO3/c1-3-8-9-5(7)4(2)6/h3H,1-2H2. The molecule has 0 aliphatic heterocycles. The number of hydrogen-bond acceptors (Lipinski definition) is 3. The van der Waals surface area contributed by atoms with Crippen LogP contribution in [0, 0.1) is 0 Å². The highest BCUT2D eigenvalue weighted by Crippen LogP contribution is 1.99. The molecule has 0 radical (unpaired) electrons. The van der Waals surface area contributed by atoms with Crippen molar-refractivity contribution in [3.05, 3.63) is 24.5 Å². The molecule has 0 rings (SSSR count). The first kappa shape index (κ1) is 8.04. The third-order valence-corrected chi connectivity index (χ3v) is 0.568. The highest BCUT2D eigenvalue weighted by atomic mass is 35.5. The molecule has 50 valence electrons. The van der Waals surface area contributed by atoms with Crippen LogP contribution in [0.5, 0.6) is 0 Å². The molecule has 4 heteroatoms. The van der Waals surface area contributed by atoms with Gasteiger partial charge in [0.1, 0.15) is 11.3 Å². The average Bonchev–Trinajstić information content (AvgIpc) is 1.82. The van der Waals surface area contributed by atoms with Crippen LogP contribution in [-0.4, -0.2) is 5.97 Å². The number of carbonyl (C=O) groups excluding carboxylic acids is 1. The Labute approximate surface area is 57.4 Å². The first-order chi connectivity index (χ1) is 4.18. The second-order valence-electron chi connectivity index (χ2n) is 1.04. The molecule has 0 saturated heterocycles. The van der Waals surface area contributed by atoms with Gasteiger partial charge in [-0.1, -0.05) is 24.8 Å². The maximum absolute atomic E-state index is 10.3. The van der Waals surface area contributed by atoms with Crippen LogP contribution in [0.4, 0.5) is 0 Å². The second-order valence-corrected chi connectivity index (χ2v) is 1.49. The van der Waals surface area contributed by atoms with Crippen molar-refractivity contribution < 1.29 is 14.6 Å².